The number of hydrogen-bond donors (Lipinski definition) is 2. The second kappa shape index (κ2) is 8.30. The zero-order valence-corrected chi connectivity index (χ0v) is 16.6. The zero-order chi connectivity index (χ0) is 20.2. The molecule has 0 radical (unpaired) electrons. The number of benzene rings is 1. The number of anilines is 4. The summed E-state index contributed by atoms with van der Waals surface area (Å²) in [5.74, 6) is 1.88. The van der Waals surface area contributed by atoms with E-state index >= 15 is 0 Å². The molecule has 1 saturated heterocycles. The molecule has 0 saturated carbocycles. The molecule has 1 amide bonds. The molecule has 3 aromatic rings. The quantitative estimate of drug-likeness (QED) is 0.677. The van der Waals surface area contributed by atoms with Crippen LogP contribution in [0.15, 0.2) is 47.2 Å². The molecule has 3 heterocycles. The van der Waals surface area contributed by atoms with Crippen molar-refractivity contribution in [2.45, 2.75) is 26.7 Å². The van der Waals surface area contributed by atoms with Crippen LogP contribution in [0.2, 0.25) is 0 Å². The Morgan fingerprint density at radius 2 is 1.83 bits per heavy atom. The van der Waals surface area contributed by atoms with Crippen LogP contribution in [0.1, 0.15) is 35.9 Å². The van der Waals surface area contributed by atoms with Gasteiger partial charge in [0.25, 0.3) is 5.91 Å². The third kappa shape index (κ3) is 4.71. The molecule has 2 aromatic heterocycles. The first-order chi connectivity index (χ1) is 14.1. The van der Waals surface area contributed by atoms with E-state index < -0.39 is 0 Å². The predicted molar refractivity (Wildman–Crippen MR) is 112 cm³/mol. The van der Waals surface area contributed by atoms with E-state index in [1.807, 2.05) is 12.1 Å². The molecule has 0 bridgehead atoms. The maximum absolute atomic E-state index is 12.2. The normalized spacial score (nSPS) is 14.6. The minimum atomic E-state index is -0.343. The average Bonchev–Trinajstić information content (AvgIpc) is 3.14. The van der Waals surface area contributed by atoms with E-state index in [1.165, 1.54) is 30.9 Å². The van der Waals surface area contributed by atoms with Crippen molar-refractivity contribution in [2.75, 3.05) is 28.6 Å². The van der Waals surface area contributed by atoms with Gasteiger partial charge in [-0.1, -0.05) is 12.1 Å². The van der Waals surface area contributed by atoms with Crippen LogP contribution in [0.4, 0.5) is 23.1 Å². The summed E-state index contributed by atoms with van der Waals surface area (Å²) in [5.41, 5.74) is 2.47. The molecule has 150 valence electrons. The van der Waals surface area contributed by atoms with Gasteiger partial charge in [-0.15, -0.1) is 0 Å². The van der Waals surface area contributed by atoms with Crippen molar-refractivity contribution < 1.29 is 9.32 Å². The second-order valence-corrected chi connectivity index (χ2v) is 7.41. The molecular weight excluding hydrogens is 368 g/mol. The average molecular weight is 392 g/mol. The first-order valence-electron chi connectivity index (χ1n) is 9.75. The fraction of sp³-hybridized carbons (Fsp3) is 0.333. The van der Waals surface area contributed by atoms with Crippen molar-refractivity contribution in [3.63, 3.8) is 0 Å². The van der Waals surface area contributed by atoms with Crippen molar-refractivity contribution in [3.05, 3.63) is 54.0 Å². The zero-order valence-electron chi connectivity index (χ0n) is 16.6. The summed E-state index contributed by atoms with van der Waals surface area (Å²) in [7, 11) is 0. The highest BCUT2D eigenvalue weighted by atomic mass is 16.5. The van der Waals surface area contributed by atoms with Crippen molar-refractivity contribution in [2.24, 2.45) is 5.92 Å². The van der Waals surface area contributed by atoms with E-state index in [4.69, 9.17) is 4.52 Å². The lowest BCUT2D eigenvalue weighted by molar-refractivity contribution is 0.102. The van der Waals surface area contributed by atoms with Gasteiger partial charge in [0.1, 0.15) is 5.76 Å². The van der Waals surface area contributed by atoms with Crippen LogP contribution in [0, 0.1) is 12.8 Å². The Labute approximate surface area is 169 Å². The van der Waals surface area contributed by atoms with Gasteiger partial charge in [0, 0.05) is 42.9 Å². The van der Waals surface area contributed by atoms with E-state index in [2.05, 4.69) is 49.7 Å². The highest BCUT2D eigenvalue weighted by Crippen LogP contribution is 2.25. The number of hydrogen-bond acceptors (Lipinski definition) is 7. The smallest absolute Gasteiger partial charge is 0.260 e. The largest absolute Gasteiger partial charge is 0.372 e. The molecule has 29 heavy (non-hydrogen) atoms. The summed E-state index contributed by atoms with van der Waals surface area (Å²) < 4.78 is 4.93. The third-order valence-corrected chi connectivity index (χ3v) is 5.06. The highest BCUT2D eigenvalue weighted by Gasteiger charge is 2.16. The van der Waals surface area contributed by atoms with Crippen molar-refractivity contribution in [1.82, 2.24) is 15.1 Å². The maximum Gasteiger partial charge on any atom is 0.260 e. The minimum absolute atomic E-state index is 0.339. The maximum atomic E-state index is 12.2. The number of aryl methyl sites for hydroxylation is 1. The standard InChI is InChI=1S/C21H24N6O2/c1-14-7-9-27(10-8-14)18-5-3-17(4-6-18)24-21-22-12-16(13-23-21)20(28)25-19-11-15(2)29-26-19/h3-6,11-14H,7-10H2,1-2H3,(H,22,23,24)(H,25,26,28). The summed E-state index contributed by atoms with van der Waals surface area (Å²) in [6.07, 6.45) is 5.43. The van der Waals surface area contributed by atoms with Gasteiger partial charge in [-0.2, -0.15) is 0 Å². The van der Waals surface area contributed by atoms with E-state index in [0.717, 1.165) is 24.7 Å². The minimum Gasteiger partial charge on any atom is -0.372 e. The summed E-state index contributed by atoms with van der Waals surface area (Å²) in [5, 5.41) is 9.54. The Morgan fingerprint density at radius 3 is 2.45 bits per heavy atom. The van der Waals surface area contributed by atoms with Crippen LogP contribution in [-0.2, 0) is 0 Å². The first kappa shape index (κ1) is 18.9. The summed E-state index contributed by atoms with van der Waals surface area (Å²) in [6.45, 7) is 6.28. The lowest BCUT2D eigenvalue weighted by Gasteiger charge is -2.32. The molecule has 2 N–H and O–H groups in total. The topological polar surface area (TPSA) is 96.2 Å². The Hall–Kier alpha value is -3.42. The Kier molecular flexibility index (Phi) is 5.41. The molecule has 4 rings (SSSR count). The fourth-order valence-corrected chi connectivity index (χ4v) is 3.28. The number of aromatic nitrogens is 3. The third-order valence-electron chi connectivity index (χ3n) is 5.06. The van der Waals surface area contributed by atoms with Gasteiger partial charge >= 0.3 is 0 Å². The highest BCUT2D eigenvalue weighted by molar-refractivity contribution is 6.03. The van der Waals surface area contributed by atoms with Gasteiger partial charge < -0.3 is 20.1 Å². The summed E-state index contributed by atoms with van der Waals surface area (Å²) in [4.78, 5) is 23.1. The van der Waals surface area contributed by atoms with E-state index in [9.17, 15) is 4.79 Å². The number of nitrogens with one attached hydrogen (secondary N) is 2. The SMILES string of the molecule is Cc1cc(NC(=O)c2cnc(Nc3ccc(N4CCC(C)CC4)cc3)nc2)no1. The number of carbonyl (C=O) groups excluding carboxylic acids is 1. The molecule has 0 aliphatic carbocycles. The molecule has 1 fully saturated rings. The fourth-order valence-electron chi connectivity index (χ4n) is 3.28. The molecule has 0 atom stereocenters. The molecule has 1 aromatic carbocycles. The number of amides is 1. The lowest BCUT2D eigenvalue weighted by atomic mass is 9.99. The van der Waals surface area contributed by atoms with E-state index in [-0.39, 0.29) is 5.91 Å². The van der Waals surface area contributed by atoms with Gasteiger partial charge in [0.15, 0.2) is 5.82 Å². The Bertz CT molecular complexity index is 960. The van der Waals surface area contributed by atoms with Crippen LogP contribution >= 0.6 is 0 Å². The van der Waals surface area contributed by atoms with Crippen LogP contribution < -0.4 is 15.5 Å². The van der Waals surface area contributed by atoms with Gasteiger partial charge in [-0.05, 0) is 49.9 Å². The van der Waals surface area contributed by atoms with Crippen molar-refractivity contribution in [1.29, 1.82) is 0 Å². The van der Waals surface area contributed by atoms with Gasteiger partial charge in [0.05, 0.1) is 5.56 Å². The van der Waals surface area contributed by atoms with Crippen LogP contribution in [0.5, 0.6) is 0 Å². The predicted octanol–water partition coefficient (Wildman–Crippen LogP) is 4.01. The van der Waals surface area contributed by atoms with E-state index in [0.29, 0.717) is 23.1 Å². The summed E-state index contributed by atoms with van der Waals surface area (Å²) >= 11 is 0. The van der Waals surface area contributed by atoms with Crippen LogP contribution in [-0.4, -0.2) is 34.1 Å². The van der Waals surface area contributed by atoms with Crippen molar-refractivity contribution >= 4 is 29.0 Å². The molecule has 1 aliphatic heterocycles. The first-order valence-corrected chi connectivity index (χ1v) is 9.75. The Balaban J connectivity index is 1.35. The molecule has 8 nitrogen and oxygen atoms in total. The number of piperidine rings is 1. The van der Waals surface area contributed by atoms with Crippen LogP contribution in [0.25, 0.3) is 0 Å². The number of rotatable bonds is 5. The van der Waals surface area contributed by atoms with Gasteiger partial charge in [-0.25, -0.2) is 9.97 Å². The number of carbonyl (C=O) groups is 1. The molecule has 0 spiro atoms. The monoisotopic (exact) mass is 392 g/mol. The molecule has 1 aliphatic rings. The van der Waals surface area contributed by atoms with Crippen LogP contribution in [0.3, 0.4) is 0 Å². The van der Waals surface area contributed by atoms with E-state index in [1.54, 1.807) is 13.0 Å². The van der Waals surface area contributed by atoms with Gasteiger partial charge in [0.2, 0.25) is 5.95 Å². The molecule has 0 unspecified atom stereocenters. The van der Waals surface area contributed by atoms with Crippen molar-refractivity contribution in [3.8, 4) is 0 Å². The molecular formula is C21H24N6O2. The summed E-state index contributed by atoms with van der Waals surface area (Å²) in [6, 6.07) is 9.90. The second-order valence-electron chi connectivity index (χ2n) is 7.41. The van der Waals surface area contributed by atoms with Gasteiger partial charge in [-0.3, -0.25) is 4.79 Å². The Morgan fingerprint density at radius 1 is 1.14 bits per heavy atom. The molecule has 8 heteroatoms. The lowest BCUT2D eigenvalue weighted by Crippen LogP contribution is -2.32. The number of nitrogens with zero attached hydrogens (tertiary/aromatic N) is 4.